The Morgan fingerprint density at radius 1 is 0.331 bits per heavy atom. The second kappa shape index (κ2) is 50.4. The summed E-state index contributed by atoms with van der Waals surface area (Å²) in [5.41, 5.74) is 5.65. The lowest BCUT2D eigenvalue weighted by atomic mass is 9.94. The van der Waals surface area contributed by atoms with Crippen LogP contribution in [0.15, 0.2) is 0 Å². The molecular formula is C71H115N13O40. The van der Waals surface area contributed by atoms with Crippen LogP contribution in [0, 0.1) is 0 Å². The first-order chi connectivity index (χ1) is 58.0. The Balaban J connectivity index is 1.44. The third-order valence-electron chi connectivity index (χ3n) is 20.0. The average molecular weight is 1790 g/mol. The van der Waals surface area contributed by atoms with Crippen molar-refractivity contribution in [2.45, 2.75) is 316 Å². The van der Waals surface area contributed by atoms with E-state index in [4.69, 9.17) is 43.6 Å². The van der Waals surface area contributed by atoms with Crippen LogP contribution < -0.4 is 69.5 Å². The molecule has 0 bridgehead atoms. The number of carboxylic acids is 5. The van der Waals surface area contributed by atoms with E-state index in [9.17, 15) is 158 Å². The number of aliphatic carboxylic acids is 5. The number of carbonyl (C=O) groups is 17. The van der Waals surface area contributed by atoms with Crippen molar-refractivity contribution in [2.24, 2.45) is 5.73 Å². The van der Waals surface area contributed by atoms with E-state index in [0.29, 0.717) is 0 Å². The van der Waals surface area contributed by atoms with Gasteiger partial charge in [-0.25, -0.2) is 14.4 Å². The van der Waals surface area contributed by atoms with Crippen LogP contribution >= 0.6 is 0 Å². The van der Waals surface area contributed by atoms with E-state index in [1.807, 2.05) is 0 Å². The molecule has 4 fully saturated rings. The van der Waals surface area contributed by atoms with Crippen molar-refractivity contribution in [3.63, 3.8) is 0 Å². The maximum Gasteiger partial charge on any atom is 0.326 e. The smallest absolute Gasteiger partial charge is 0.326 e. The summed E-state index contributed by atoms with van der Waals surface area (Å²) in [6.45, 7) is 5.78. The second-order valence-electron chi connectivity index (χ2n) is 29.9. The minimum atomic E-state index is -2.00. The number of carboxylic acid groups (broad SMARTS) is 5. The molecule has 0 saturated carbocycles. The van der Waals surface area contributed by atoms with Crippen LogP contribution in [-0.4, -0.2) is 393 Å². The van der Waals surface area contributed by atoms with Crippen LogP contribution in [0.4, 0.5) is 0 Å². The minimum Gasteiger partial charge on any atom is -0.480 e. The average Bonchev–Trinajstić information content (AvgIpc) is 0.776. The number of ether oxygens (including phenoxy) is 8. The first-order valence-electron chi connectivity index (χ1n) is 39.2. The number of nitrogens with one attached hydrogen (secondary N) is 12. The lowest BCUT2D eigenvalue weighted by Gasteiger charge is -2.48. The molecule has 4 rings (SSSR count). The van der Waals surface area contributed by atoms with Gasteiger partial charge in [-0.05, 0) is 86.0 Å². The summed E-state index contributed by atoms with van der Waals surface area (Å²) in [5.74, 6) is -20.7. The highest BCUT2D eigenvalue weighted by Crippen LogP contribution is 2.34. The van der Waals surface area contributed by atoms with Crippen LogP contribution in [0.25, 0.3) is 0 Å². The van der Waals surface area contributed by atoms with Crippen molar-refractivity contribution in [3.8, 4) is 0 Å². The van der Waals surface area contributed by atoms with Gasteiger partial charge in [0, 0.05) is 40.5 Å². The first kappa shape index (κ1) is 107. The third kappa shape index (κ3) is 32.0. The fourth-order valence-corrected chi connectivity index (χ4v) is 13.3. The summed E-state index contributed by atoms with van der Waals surface area (Å²) >= 11 is 0. The summed E-state index contributed by atoms with van der Waals surface area (Å²) in [6.07, 6.45) is -37.4. The predicted octanol–water partition coefficient (Wildman–Crippen LogP) is -13.8. The van der Waals surface area contributed by atoms with Crippen LogP contribution in [0.5, 0.6) is 0 Å². The molecule has 4 saturated heterocycles. The van der Waals surface area contributed by atoms with Crippen LogP contribution in [-0.2, 0) is 119 Å². The van der Waals surface area contributed by atoms with Crippen LogP contribution in [0.3, 0.4) is 0 Å². The Morgan fingerprint density at radius 3 is 0.960 bits per heavy atom. The van der Waals surface area contributed by atoms with E-state index in [1.165, 1.54) is 0 Å². The maximum absolute atomic E-state index is 14.0. The zero-order chi connectivity index (χ0) is 93.8. The van der Waals surface area contributed by atoms with Gasteiger partial charge in [-0.1, -0.05) is 0 Å². The number of carbonyl (C=O) groups excluding carboxylic acids is 12. The Hall–Kier alpha value is -9.77. The molecule has 704 valence electrons. The van der Waals surface area contributed by atoms with E-state index in [-0.39, 0.29) is 12.8 Å². The highest BCUT2D eigenvalue weighted by molar-refractivity contribution is 5.94. The van der Waals surface area contributed by atoms with Crippen molar-refractivity contribution >= 4 is 101 Å². The Morgan fingerprint density at radius 2 is 0.637 bits per heavy atom. The lowest BCUT2D eigenvalue weighted by Crippen LogP contribution is -2.70. The fourth-order valence-electron chi connectivity index (χ4n) is 13.3. The van der Waals surface area contributed by atoms with Crippen molar-refractivity contribution in [3.05, 3.63) is 0 Å². The number of hydrogen-bond donors (Lipinski definition) is 28. The molecule has 12 amide bonds. The van der Waals surface area contributed by atoms with Crippen molar-refractivity contribution in [1.29, 1.82) is 0 Å². The normalized spacial score (nSPS) is 28.8. The molecule has 0 aromatic heterocycles. The van der Waals surface area contributed by atoms with Crippen LogP contribution in [0.2, 0.25) is 0 Å². The largest absolute Gasteiger partial charge is 0.480 e. The standard InChI is InChI=1S/C71H115N13O40/c1-24(73-59(101)27(4)117-55-47(78-31(8)91)68(115)119-41(22-87)53(55)123-70-45(76-29(6)89)51(97)49(95)39(20-85)121-70)57(99)82-37(66(111)112)16-18-43(93)80-34(61(103)75-26(3)63(105)106)14-11-15-36(65(109)110)84-62(104)35(13-10-12-33(72)64(107)108)81-44(94)19-17-38(67(113)114)83-58(100)25(2)74-60(102)28(5)118-56-48(79-32(9)92)69(116)120-42(23-88)54(56)124-71-46(77-30(7)90)52(98)50(96)40(21-86)122-71/h24-28,33-42,45-56,68-71,85-88,95-98,115-116H,10-23,72H2,1-9H3,(H,73,101)(H,74,102)(H,75,103)(H,76,89)(H,77,90)(H,78,91)(H,79,92)(H,80,93)(H,81,94)(H,82,99)(H,83,100)(H,84,104)(H,105,106)(H,107,108)(H,109,110)(H,111,112)(H,113,114). The molecule has 4 aliphatic heterocycles. The van der Waals surface area contributed by atoms with Gasteiger partial charge in [0.15, 0.2) is 25.2 Å². The van der Waals surface area contributed by atoms with Gasteiger partial charge in [0.05, 0.1) is 26.4 Å². The van der Waals surface area contributed by atoms with Gasteiger partial charge in [0.2, 0.25) is 70.9 Å². The Kier molecular flexibility index (Phi) is 43.3. The molecule has 0 spiro atoms. The lowest BCUT2D eigenvalue weighted by molar-refractivity contribution is -0.333. The molecule has 4 aliphatic rings. The number of aliphatic hydroxyl groups excluding tert-OH is 10. The quantitative estimate of drug-likeness (QED) is 0.0269. The van der Waals surface area contributed by atoms with Gasteiger partial charge in [-0.15, -0.1) is 0 Å². The SMILES string of the molecule is CC(=O)NC1C(OC2C(CO)OC(O)C(NC(C)=O)C2OC(C)C(=O)NC(C)C(=O)NC(CCC(=O)NC(CCCC(NC(=O)C(CCCC(N)C(=O)O)NC(=O)CCC(NC(=O)C(C)NC(=O)C(C)OC2C(NC(C)=O)C(O)OC(CO)C2OC2OC(CO)C(O)C(O)C2NC(C)=O)C(=O)O)C(=O)O)C(=O)NC(C)C(=O)O)C(=O)O)OC(CO)C(O)C1O. The number of rotatable bonds is 49. The van der Waals surface area contributed by atoms with E-state index in [2.05, 4.69) is 63.8 Å². The molecule has 31 unspecified atom stereocenters. The van der Waals surface area contributed by atoms with Gasteiger partial charge in [0.25, 0.3) is 0 Å². The number of nitrogens with two attached hydrogens (primary N) is 1. The van der Waals surface area contributed by atoms with Crippen molar-refractivity contribution in [2.75, 3.05) is 26.4 Å². The topological polar surface area (TPSA) is 838 Å². The monoisotopic (exact) mass is 1790 g/mol. The van der Waals surface area contributed by atoms with Gasteiger partial charge in [-0.3, -0.25) is 67.1 Å². The van der Waals surface area contributed by atoms with E-state index < -0.39 is 368 Å². The molecule has 4 heterocycles. The van der Waals surface area contributed by atoms with E-state index in [1.54, 1.807) is 0 Å². The summed E-state index contributed by atoms with van der Waals surface area (Å²) in [6, 6.07) is -22.2. The molecule has 0 aromatic rings. The first-order valence-corrected chi connectivity index (χ1v) is 39.2. The summed E-state index contributed by atoms with van der Waals surface area (Å²) < 4.78 is 46.4. The number of aliphatic hydroxyl groups is 10. The molecule has 53 heteroatoms. The molecular weight excluding hydrogens is 1670 g/mol. The number of amides is 12. The molecule has 31 atom stereocenters. The Bertz CT molecular complexity index is 3690. The summed E-state index contributed by atoms with van der Waals surface area (Å²) in [5, 5.41) is 182. The Labute approximate surface area is 706 Å². The molecule has 124 heavy (non-hydrogen) atoms. The third-order valence-corrected chi connectivity index (χ3v) is 20.0. The second-order valence-corrected chi connectivity index (χ2v) is 29.9. The highest BCUT2D eigenvalue weighted by Gasteiger charge is 2.56. The van der Waals surface area contributed by atoms with Crippen molar-refractivity contribution < 1.29 is 196 Å². The van der Waals surface area contributed by atoms with Gasteiger partial charge < -0.3 is 184 Å². The van der Waals surface area contributed by atoms with E-state index in [0.717, 1.165) is 62.3 Å². The van der Waals surface area contributed by atoms with Gasteiger partial charge in [-0.2, -0.15) is 0 Å². The van der Waals surface area contributed by atoms with Crippen molar-refractivity contribution in [1.82, 2.24) is 63.8 Å². The van der Waals surface area contributed by atoms with E-state index >= 15 is 0 Å². The molecule has 53 nitrogen and oxygen atoms in total. The molecule has 0 aliphatic carbocycles. The predicted molar refractivity (Wildman–Crippen MR) is 405 cm³/mol. The van der Waals surface area contributed by atoms with Gasteiger partial charge in [0.1, 0.15) is 164 Å². The maximum atomic E-state index is 14.0. The van der Waals surface area contributed by atoms with Crippen LogP contribution in [0.1, 0.15) is 127 Å². The summed E-state index contributed by atoms with van der Waals surface area (Å²) in [7, 11) is 0. The number of hydrogen-bond acceptors (Lipinski definition) is 36. The zero-order valence-electron chi connectivity index (χ0n) is 68.8. The van der Waals surface area contributed by atoms with Gasteiger partial charge >= 0.3 is 29.8 Å². The minimum absolute atomic E-state index is 0.242. The molecule has 29 N–H and O–H groups in total. The fraction of sp³-hybridized carbons (Fsp3) is 0.761. The molecule has 0 aromatic carbocycles. The zero-order valence-corrected chi connectivity index (χ0v) is 68.8. The summed E-state index contributed by atoms with van der Waals surface area (Å²) in [4.78, 5) is 220. The molecule has 0 radical (unpaired) electrons. The highest BCUT2D eigenvalue weighted by atomic mass is 16.7.